The van der Waals surface area contributed by atoms with Crippen molar-refractivity contribution in [2.75, 3.05) is 0 Å². The smallest absolute Gasteiger partial charge is 0.180 e. The standard InChI is InChI=1S/C25H28N8/c1-4-9-22-19(5-2)25-26-23(6-3)29-33(25)32(22)16-17-12-14-18(15-13-17)20-10-7-8-11-21(20)24-27-30-31-28-24/h7-8,10-15H,4-6,9,16H2,1-3H3,(H,27,28,30,31). The molecule has 0 spiro atoms. The molecule has 5 rings (SSSR count). The van der Waals surface area contributed by atoms with E-state index < -0.39 is 0 Å². The molecule has 168 valence electrons. The van der Waals surface area contributed by atoms with Gasteiger partial charge in [0.1, 0.15) is 0 Å². The average Bonchev–Trinajstić information content (AvgIpc) is 3.58. The second-order valence-corrected chi connectivity index (χ2v) is 8.17. The van der Waals surface area contributed by atoms with Gasteiger partial charge in [0, 0.05) is 23.2 Å². The molecule has 1 N–H and O–H groups in total. The van der Waals surface area contributed by atoms with Crippen LogP contribution in [0.5, 0.6) is 0 Å². The molecule has 3 heterocycles. The van der Waals surface area contributed by atoms with E-state index in [0.29, 0.717) is 5.82 Å². The molecule has 8 nitrogen and oxygen atoms in total. The lowest BCUT2D eigenvalue weighted by Crippen LogP contribution is -2.12. The molecular formula is C25H28N8. The first kappa shape index (κ1) is 21.1. The molecule has 5 aromatic rings. The fourth-order valence-corrected chi connectivity index (χ4v) is 4.47. The maximum atomic E-state index is 4.81. The fourth-order valence-electron chi connectivity index (χ4n) is 4.47. The Morgan fingerprint density at radius 1 is 0.909 bits per heavy atom. The third-order valence-electron chi connectivity index (χ3n) is 6.07. The lowest BCUT2D eigenvalue weighted by Gasteiger charge is -2.12. The van der Waals surface area contributed by atoms with Crippen LogP contribution in [-0.2, 0) is 25.8 Å². The Labute approximate surface area is 192 Å². The predicted octanol–water partition coefficient (Wildman–Crippen LogP) is 4.50. The van der Waals surface area contributed by atoms with Crippen molar-refractivity contribution in [2.24, 2.45) is 0 Å². The fraction of sp³-hybridized carbons (Fsp3) is 0.320. The number of nitrogens with one attached hydrogen (secondary N) is 1. The molecular weight excluding hydrogens is 412 g/mol. The predicted molar refractivity (Wildman–Crippen MR) is 128 cm³/mol. The molecule has 0 atom stereocenters. The van der Waals surface area contributed by atoms with Gasteiger partial charge in [0.15, 0.2) is 17.3 Å². The van der Waals surface area contributed by atoms with Crippen LogP contribution < -0.4 is 0 Å². The second kappa shape index (κ2) is 8.97. The van der Waals surface area contributed by atoms with Gasteiger partial charge in [-0.1, -0.05) is 75.7 Å². The molecule has 0 radical (unpaired) electrons. The number of tetrazole rings is 1. The molecule has 0 aliphatic carbocycles. The van der Waals surface area contributed by atoms with Gasteiger partial charge in [-0.25, -0.2) is 10.1 Å². The van der Waals surface area contributed by atoms with Crippen molar-refractivity contribution in [1.82, 2.24) is 40.0 Å². The Balaban J connectivity index is 1.51. The van der Waals surface area contributed by atoms with E-state index >= 15 is 0 Å². The summed E-state index contributed by atoms with van der Waals surface area (Å²) in [4.78, 5) is 4.81. The third-order valence-corrected chi connectivity index (χ3v) is 6.07. The summed E-state index contributed by atoms with van der Waals surface area (Å²) in [7, 11) is 0. The van der Waals surface area contributed by atoms with Crippen LogP contribution in [0.15, 0.2) is 48.5 Å². The summed E-state index contributed by atoms with van der Waals surface area (Å²) in [5.74, 6) is 1.56. The zero-order valence-corrected chi connectivity index (χ0v) is 19.3. The first-order valence-electron chi connectivity index (χ1n) is 11.6. The number of aromatic amines is 1. The SMILES string of the molecule is CCCc1c(CC)c2nc(CC)nn2n1Cc1ccc(-c2ccccc2-c2nnn[nH]2)cc1. The minimum atomic E-state index is 0.665. The van der Waals surface area contributed by atoms with Gasteiger partial charge in [0.05, 0.1) is 6.54 Å². The van der Waals surface area contributed by atoms with Crippen molar-refractivity contribution < 1.29 is 0 Å². The number of aromatic nitrogens is 8. The topological polar surface area (TPSA) is 89.6 Å². The van der Waals surface area contributed by atoms with Crippen LogP contribution in [0.25, 0.3) is 28.2 Å². The Hall–Kier alpha value is -3.81. The summed E-state index contributed by atoms with van der Waals surface area (Å²) in [6.07, 6.45) is 3.90. The summed E-state index contributed by atoms with van der Waals surface area (Å²) in [5.41, 5.74) is 8.08. The van der Waals surface area contributed by atoms with Gasteiger partial charge in [0.25, 0.3) is 0 Å². The van der Waals surface area contributed by atoms with Crippen LogP contribution in [0.3, 0.4) is 0 Å². The Morgan fingerprint density at radius 2 is 1.70 bits per heavy atom. The summed E-state index contributed by atoms with van der Waals surface area (Å²) >= 11 is 0. The highest BCUT2D eigenvalue weighted by molar-refractivity contribution is 5.80. The van der Waals surface area contributed by atoms with Crippen molar-refractivity contribution in [1.29, 1.82) is 0 Å². The van der Waals surface area contributed by atoms with Crippen LogP contribution in [0, 0.1) is 0 Å². The Kier molecular flexibility index (Phi) is 5.73. The monoisotopic (exact) mass is 440 g/mol. The van der Waals surface area contributed by atoms with Crippen molar-refractivity contribution in [3.63, 3.8) is 0 Å². The molecule has 0 bridgehead atoms. The van der Waals surface area contributed by atoms with Gasteiger partial charge in [-0.2, -0.15) is 4.63 Å². The summed E-state index contributed by atoms with van der Waals surface area (Å²) in [5, 5.41) is 19.2. The normalized spacial score (nSPS) is 11.5. The largest absolute Gasteiger partial charge is 0.263 e. The van der Waals surface area contributed by atoms with Crippen molar-refractivity contribution in [2.45, 2.75) is 53.0 Å². The van der Waals surface area contributed by atoms with Gasteiger partial charge >= 0.3 is 0 Å². The van der Waals surface area contributed by atoms with Gasteiger partial charge in [0.2, 0.25) is 0 Å². The number of benzene rings is 2. The zero-order valence-electron chi connectivity index (χ0n) is 19.3. The van der Waals surface area contributed by atoms with E-state index in [1.807, 2.05) is 22.8 Å². The number of nitrogens with zero attached hydrogens (tertiary/aromatic N) is 7. The highest BCUT2D eigenvalue weighted by Crippen LogP contribution is 2.30. The van der Waals surface area contributed by atoms with Crippen LogP contribution in [0.1, 0.15) is 49.8 Å². The maximum Gasteiger partial charge on any atom is 0.180 e. The number of H-pyrrole nitrogens is 1. The van der Waals surface area contributed by atoms with Crippen molar-refractivity contribution >= 4 is 5.65 Å². The molecule has 33 heavy (non-hydrogen) atoms. The Bertz CT molecular complexity index is 1360. The molecule has 0 saturated heterocycles. The van der Waals surface area contributed by atoms with Gasteiger partial charge < -0.3 is 0 Å². The van der Waals surface area contributed by atoms with E-state index in [2.05, 4.69) is 76.4 Å². The zero-order chi connectivity index (χ0) is 22.8. The van der Waals surface area contributed by atoms with E-state index in [-0.39, 0.29) is 0 Å². The highest BCUT2D eigenvalue weighted by atomic mass is 15.5. The minimum absolute atomic E-state index is 0.665. The maximum absolute atomic E-state index is 4.81. The van der Waals surface area contributed by atoms with Crippen LogP contribution in [-0.4, -0.2) is 40.0 Å². The summed E-state index contributed by atoms with van der Waals surface area (Å²) in [6, 6.07) is 16.9. The number of fused-ring (bicyclic) bond motifs is 1. The lowest BCUT2D eigenvalue weighted by molar-refractivity contribution is 0.549. The van der Waals surface area contributed by atoms with Crippen LogP contribution in [0.2, 0.25) is 0 Å². The van der Waals surface area contributed by atoms with E-state index in [1.165, 1.54) is 16.8 Å². The van der Waals surface area contributed by atoms with Gasteiger partial charge in [-0.15, -0.1) is 10.2 Å². The van der Waals surface area contributed by atoms with Crippen LogP contribution in [0.4, 0.5) is 0 Å². The molecule has 0 fully saturated rings. The molecule has 8 heteroatoms. The minimum Gasteiger partial charge on any atom is -0.263 e. The molecule has 0 aliphatic rings. The summed E-state index contributed by atoms with van der Waals surface area (Å²) < 4.78 is 4.32. The molecule has 0 aliphatic heterocycles. The Morgan fingerprint density at radius 3 is 2.36 bits per heavy atom. The molecule has 2 aromatic carbocycles. The van der Waals surface area contributed by atoms with Crippen LogP contribution >= 0.6 is 0 Å². The molecule has 0 saturated carbocycles. The van der Waals surface area contributed by atoms with E-state index in [9.17, 15) is 0 Å². The number of rotatable bonds is 8. The lowest BCUT2D eigenvalue weighted by atomic mass is 9.98. The number of hydrogen-bond acceptors (Lipinski definition) is 5. The summed E-state index contributed by atoms with van der Waals surface area (Å²) in [6.45, 7) is 7.28. The van der Waals surface area contributed by atoms with Crippen molar-refractivity contribution in [3.05, 3.63) is 71.2 Å². The van der Waals surface area contributed by atoms with E-state index in [4.69, 9.17) is 10.1 Å². The number of aryl methyl sites for hydroxylation is 2. The van der Waals surface area contributed by atoms with Gasteiger partial charge in [-0.3, -0.25) is 4.68 Å². The van der Waals surface area contributed by atoms with Crippen molar-refractivity contribution in [3.8, 4) is 22.5 Å². The quantitative estimate of drug-likeness (QED) is 0.384. The molecule has 0 amide bonds. The highest BCUT2D eigenvalue weighted by Gasteiger charge is 2.19. The number of hydrogen-bond donors (Lipinski definition) is 1. The first-order valence-corrected chi connectivity index (χ1v) is 11.6. The third kappa shape index (κ3) is 3.82. The molecule has 3 aromatic heterocycles. The average molecular weight is 441 g/mol. The second-order valence-electron chi connectivity index (χ2n) is 8.17. The molecule has 0 unspecified atom stereocenters. The van der Waals surface area contributed by atoms with Gasteiger partial charge in [-0.05, 0) is 40.0 Å². The van der Waals surface area contributed by atoms with E-state index in [1.54, 1.807) is 0 Å². The van der Waals surface area contributed by atoms with E-state index in [0.717, 1.165) is 60.4 Å². The first-order chi connectivity index (χ1) is 16.2.